The van der Waals surface area contributed by atoms with Crippen molar-refractivity contribution in [3.63, 3.8) is 0 Å². The summed E-state index contributed by atoms with van der Waals surface area (Å²) in [6.45, 7) is 3.10. The molecule has 1 aromatic heterocycles. The Morgan fingerprint density at radius 3 is 2.74 bits per heavy atom. The zero-order valence-corrected chi connectivity index (χ0v) is 10.8. The van der Waals surface area contributed by atoms with E-state index >= 15 is 0 Å². The summed E-state index contributed by atoms with van der Waals surface area (Å²) in [6.07, 6.45) is 5.04. The van der Waals surface area contributed by atoms with Gasteiger partial charge in [0.25, 0.3) is 0 Å². The molecule has 100 valence electrons. The second-order valence-electron chi connectivity index (χ2n) is 4.01. The van der Waals surface area contributed by atoms with Gasteiger partial charge in [0.2, 0.25) is 0 Å². The van der Waals surface area contributed by atoms with Crippen LogP contribution in [0.4, 0.5) is 5.69 Å². The van der Waals surface area contributed by atoms with Gasteiger partial charge in [-0.25, -0.2) is 9.97 Å². The molecule has 5 nitrogen and oxygen atoms in total. The Labute approximate surface area is 112 Å². The second kappa shape index (κ2) is 6.70. The summed E-state index contributed by atoms with van der Waals surface area (Å²) in [5.41, 5.74) is 2.70. The van der Waals surface area contributed by atoms with Crippen molar-refractivity contribution in [1.82, 2.24) is 9.97 Å². The normalized spacial score (nSPS) is 10.2. The van der Waals surface area contributed by atoms with E-state index in [1.54, 1.807) is 12.4 Å². The Morgan fingerprint density at radius 1 is 1.26 bits per heavy atom. The molecule has 1 aromatic carbocycles. The number of benzene rings is 1. The molecule has 0 radical (unpaired) electrons. The Kier molecular flexibility index (Phi) is 4.69. The molecule has 0 aliphatic heterocycles. The largest absolute Gasteiger partial charge is 0.494 e. The summed E-state index contributed by atoms with van der Waals surface area (Å²) in [5.74, 6) is 0.721. The molecule has 0 atom stereocenters. The highest BCUT2D eigenvalue weighted by Gasteiger charge is 2.04. The number of nitrogens with one attached hydrogen (secondary N) is 1. The van der Waals surface area contributed by atoms with Crippen molar-refractivity contribution in [2.45, 2.75) is 20.1 Å². The van der Waals surface area contributed by atoms with Crippen molar-refractivity contribution >= 4 is 5.69 Å². The van der Waals surface area contributed by atoms with Crippen LogP contribution in [0.25, 0.3) is 0 Å². The monoisotopic (exact) mass is 259 g/mol. The second-order valence-corrected chi connectivity index (χ2v) is 4.01. The number of aliphatic hydroxyl groups is 1. The van der Waals surface area contributed by atoms with Gasteiger partial charge in [-0.3, -0.25) is 0 Å². The minimum absolute atomic E-state index is 0.0424. The number of hydrogen-bond acceptors (Lipinski definition) is 5. The predicted octanol–water partition coefficient (Wildman–Crippen LogP) is 1.98. The third-order valence-corrected chi connectivity index (χ3v) is 2.64. The van der Waals surface area contributed by atoms with E-state index in [0.29, 0.717) is 13.2 Å². The van der Waals surface area contributed by atoms with Gasteiger partial charge in [-0.15, -0.1) is 0 Å². The quantitative estimate of drug-likeness (QED) is 0.830. The molecular formula is C14H17N3O2. The van der Waals surface area contributed by atoms with E-state index in [4.69, 9.17) is 4.74 Å². The molecule has 0 saturated carbocycles. The van der Waals surface area contributed by atoms with E-state index < -0.39 is 0 Å². The minimum atomic E-state index is -0.0424. The lowest BCUT2D eigenvalue weighted by Crippen LogP contribution is -2.02. The van der Waals surface area contributed by atoms with Gasteiger partial charge in [0.05, 0.1) is 13.2 Å². The van der Waals surface area contributed by atoms with E-state index in [1.807, 2.05) is 25.1 Å². The number of hydrogen-bond donors (Lipinski definition) is 2. The molecule has 0 bridgehead atoms. The summed E-state index contributed by atoms with van der Waals surface area (Å²) < 4.78 is 5.44. The first-order chi connectivity index (χ1) is 9.33. The zero-order chi connectivity index (χ0) is 13.5. The molecule has 0 amide bonds. The summed E-state index contributed by atoms with van der Waals surface area (Å²) in [6, 6.07) is 5.67. The lowest BCUT2D eigenvalue weighted by atomic mass is 10.2. The molecule has 2 N–H and O–H groups in total. The van der Waals surface area contributed by atoms with Gasteiger partial charge in [-0.2, -0.15) is 0 Å². The molecular weight excluding hydrogens is 242 g/mol. The number of anilines is 1. The average molecular weight is 259 g/mol. The van der Waals surface area contributed by atoms with Crippen LogP contribution in [0.2, 0.25) is 0 Å². The minimum Gasteiger partial charge on any atom is -0.494 e. The third-order valence-electron chi connectivity index (χ3n) is 2.64. The zero-order valence-electron chi connectivity index (χ0n) is 10.8. The van der Waals surface area contributed by atoms with Gasteiger partial charge < -0.3 is 15.2 Å². The Hall–Kier alpha value is -2.14. The maximum absolute atomic E-state index is 9.33. The van der Waals surface area contributed by atoms with E-state index in [-0.39, 0.29) is 6.61 Å². The van der Waals surface area contributed by atoms with Crippen molar-refractivity contribution in [2.75, 3.05) is 11.9 Å². The van der Waals surface area contributed by atoms with Crippen molar-refractivity contribution in [3.05, 3.63) is 48.0 Å². The van der Waals surface area contributed by atoms with E-state index in [9.17, 15) is 5.11 Å². The molecule has 0 saturated heterocycles. The van der Waals surface area contributed by atoms with Crippen LogP contribution in [0.3, 0.4) is 0 Å². The van der Waals surface area contributed by atoms with E-state index in [2.05, 4.69) is 15.3 Å². The number of rotatable bonds is 6. The highest BCUT2D eigenvalue weighted by molar-refractivity contribution is 5.51. The summed E-state index contributed by atoms with van der Waals surface area (Å²) in [5, 5.41) is 12.6. The van der Waals surface area contributed by atoms with Crippen LogP contribution < -0.4 is 10.1 Å². The average Bonchev–Trinajstić information content (AvgIpc) is 2.47. The van der Waals surface area contributed by atoms with Gasteiger partial charge in [-0.1, -0.05) is 0 Å². The van der Waals surface area contributed by atoms with Crippen LogP contribution in [0.15, 0.2) is 36.9 Å². The van der Waals surface area contributed by atoms with Crippen molar-refractivity contribution in [3.8, 4) is 5.75 Å². The van der Waals surface area contributed by atoms with Gasteiger partial charge in [0.15, 0.2) is 0 Å². The fourth-order valence-electron chi connectivity index (χ4n) is 1.73. The summed E-state index contributed by atoms with van der Waals surface area (Å²) in [7, 11) is 0. The van der Waals surface area contributed by atoms with Crippen LogP contribution in [0.5, 0.6) is 5.75 Å². The number of aliphatic hydroxyl groups excluding tert-OH is 1. The highest BCUT2D eigenvalue weighted by atomic mass is 16.5. The molecule has 2 aromatic rings. The fourth-order valence-corrected chi connectivity index (χ4v) is 1.73. The van der Waals surface area contributed by atoms with Crippen LogP contribution in [-0.2, 0) is 13.2 Å². The van der Waals surface area contributed by atoms with Crippen LogP contribution in [0.1, 0.15) is 18.1 Å². The van der Waals surface area contributed by atoms with Crippen molar-refractivity contribution in [2.24, 2.45) is 0 Å². The first-order valence-electron chi connectivity index (χ1n) is 6.17. The van der Waals surface area contributed by atoms with Gasteiger partial charge >= 0.3 is 0 Å². The van der Waals surface area contributed by atoms with Gasteiger partial charge in [0, 0.05) is 35.8 Å². The maximum atomic E-state index is 9.33. The van der Waals surface area contributed by atoms with Gasteiger partial charge in [0.1, 0.15) is 12.1 Å². The maximum Gasteiger partial charge on any atom is 0.124 e. The first kappa shape index (κ1) is 13.3. The molecule has 0 spiro atoms. The molecule has 19 heavy (non-hydrogen) atoms. The molecule has 1 heterocycles. The molecule has 0 unspecified atom stereocenters. The Balaban J connectivity index is 2.05. The van der Waals surface area contributed by atoms with Gasteiger partial charge in [-0.05, 0) is 25.1 Å². The topological polar surface area (TPSA) is 67.3 Å². The Bertz CT molecular complexity index is 517. The predicted molar refractivity (Wildman–Crippen MR) is 72.9 cm³/mol. The standard InChI is InChI=1S/C14H17N3O2/c1-2-19-14-4-3-13(5-12(14)9-18)17-8-11-6-15-10-16-7-11/h3-7,10,17-18H,2,8-9H2,1H3. The molecule has 5 heteroatoms. The highest BCUT2D eigenvalue weighted by Crippen LogP contribution is 2.23. The Morgan fingerprint density at radius 2 is 2.05 bits per heavy atom. The van der Waals surface area contributed by atoms with Crippen LogP contribution in [0, 0.1) is 0 Å². The van der Waals surface area contributed by atoms with E-state index in [1.165, 1.54) is 6.33 Å². The van der Waals surface area contributed by atoms with Crippen molar-refractivity contribution in [1.29, 1.82) is 0 Å². The lowest BCUT2D eigenvalue weighted by Gasteiger charge is -2.11. The smallest absolute Gasteiger partial charge is 0.124 e. The van der Waals surface area contributed by atoms with Crippen LogP contribution in [-0.4, -0.2) is 21.7 Å². The SMILES string of the molecule is CCOc1ccc(NCc2cncnc2)cc1CO. The van der Waals surface area contributed by atoms with E-state index in [0.717, 1.165) is 22.6 Å². The molecule has 0 aliphatic rings. The molecule has 0 fully saturated rings. The number of aromatic nitrogens is 2. The molecule has 0 aliphatic carbocycles. The van der Waals surface area contributed by atoms with Crippen LogP contribution >= 0.6 is 0 Å². The first-order valence-corrected chi connectivity index (χ1v) is 6.17. The number of nitrogens with zero attached hydrogens (tertiary/aromatic N) is 2. The summed E-state index contributed by atoms with van der Waals surface area (Å²) >= 11 is 0. The van der Waals surface area contributed by atoms with Crippen molar-refractivity contribution < 1.29 is 9.84 Å². The number of ether oxygens (including phenoxy) is 1. The third kappa shape index (κ3) is 3.66. The fraction of sp³-hybridized carbons (Fsp3) is 0.286. The summed E-state index contributed by atoms with van der Waals surface area (Å²) in [4.78, 5) is 7.92. The molecule has 2 rings (SSSR count). The lowest BCUT2D eigenvalue weighted by molar-refractivity contribution is 0.267.